The molecule has 108 valence electrons. The summed E-state index contributed by atoms with van der Waals surface area (Å²) in [5.74, 6) is 3.98. The number of amides is 3. The fourth-order valence-electron chi connectivity index (χ4n) is 2.07. The first kappa shape index (κ1) is 15.4. The van der Waals surface area contributed by atoms with E-state index in [0.717, 1.165) is 19.3 Å². The van der Waals surface area contributed by atoms with Crippen molar-refractivity contribution in [3.8, 4) is 0 Å². The van der Waals surface area contributed by atoms with Gasteiger partial charge in [0.15, 0.2) is 0 Å². The fourth-order valence-corrected chi connectivity index (χ4v) is 2.07. The third-order valence-electron chi connectivity index (χ3n) is 3.27. The van der Waals surface area contributed by atoms with E-state index in [1.54, 1.807) is 9.80 Å². The summed E-state index contributed by atoms with van der Waals surface area (Å²) in [4.78, 5) is 37.5. The van der Waals surface area contributed by atoms with Crippen molar-refractivity contribution < 1.29 is 14.4 Å². The predicted molar refractivity (Wildman–Crippen MR) is 69.6 cm³/mol. The third-order valence-corrected chi connectivity index (χ3v) is 3.27. The smallest absolute Gasteiger partial charge is 0.312 e. The summed E-state index contributed by atoms with van der Waals surface area (Å²) in [6, 6.07) is 0. The van der Waals surface area contributed by atoms with Gasteiger partial charge in [-0.05, 0) is 19.8 Å². The molecule has 0 aromatic heterocycles. The van der Waals surface area contributed by atoms with Crippen molar-refractivity contribution in [2.24, 2.45) is 5.84 Å². The van der Waals surface area contributed by atoms with Crippen molar-refractivity contribution in [1.29, 1.82) is 0 Å². The molecule has 0 saturated carbocycles. The number of likely N-dealkylation sites (N-methyl/N-ethyl adjacent to an activating group) is 1. The number of nitrogens with zero attached hydrogens (tertiary/aromatic N) is 2. The zero-order valence-electron chi connectivity index (χ0n) is 11.4. The van der Waals surface area contributed by atoms with Crippen molar-refractivity contribution >= 4 is 17.7 Å². The summed E-state index contributed by atoms with van der Waals surface area (Å²) in [6.07, 6.45) is 2.76. The largest absolute Gasteiger partial charge is 0.333 e. The second-order valence-corrected chi connectivity index (χ2v) is 4.56. The molecule has 3 N–H and O–H groups in total. The maximum absolute atomic E-state index is 11.8. The van der Waals surface area contributed by atoms with Gasteiger partial charge in [0.25, 0.3) is 0 Å². The van der Waals surface area contributed by atoms with E-state index in [9.17, 15) is 14.4 Å². The third kappa shape index (κ3) is 4.51. The first-order chi connectivity index (χ1) is 9.10. The van der Waals surface area contributed by atoms with Crippen LogP contribution >= 0.6 is 0 Å². The van der Waals surface area contributed by atoms with Crippen LogP contribution in [0.2, 0.25) is 0 Å². The van der Waals surface area contributed by atoms with Crippen LogP contribution in [-0.2, 0) is 14.4 Å². The highest BCUT2D eigenvalue weighted by Crippen LogP contribution is 2.08. The molecule has 0 bridgehead atoms. The van der Waals surface area contributed by atoms with E-state index >= 15 is 0 Å². The van der Waals surface area contributed by atoms with Crippen LogP contribution in [0.25, 0.3) is 0 Å². The van der Waals surface area contributed by atoms with Gasteiger partial charge >= 0.3 is 11.8 Å². The number of hydrogen-bond donors (Lipinski definition) is 2. The highest BCUT2D eigenvalue weighted by Gasteiger charge is 2.30. The van der Waals surface area contributed by atoms with Gasteiger partial charge in [0.05, 0.1) is 0 Å². The second-order valence-electron chi connectivity index (χ2n) is 4.56. The van der Waals surface area contributed by atoms with Crippen LogP contribution in [0.3, 0.4) is 0 Å². The van der Waals surface area contributed by atoms with Gasteiger partial charge < -0.3 is 9.80 Å². The van der Waals surface area contributed by atoms with Crippen LogP contribution in [0, 0.1) is 0 Å². The van der Waals surface area contributed by atoms with Gasteiger partial charge in [-0.3, -0.25) is 19.8 Å². The molecule has 0 atom stereocenters. The van der Waals surface area contributed by atoms with Gasteiger partial charge in [-0.2, -0.15) is 0 Å². The number of rotatable bonds is 7. The van der Waals surface area contributed by atoms with Crippen molar-refractivity contribution in [2.45, 2.75) is 32.6 Å². The number of piperazine rings is 1. The lowest BCUT2D eigenvalue weighted by Crippen LogP contribution is -2.54. The molecule has 1 saturated heterocycles. The summed E-state index contributed by atoms with van der Waals surface area (Å²) < 4.78 is 0. The second kappa shape index (κ2) is 7.73. The van der Waals surface area contributed by atoms with Crippen LogP contribution in [0.4, 0.5) is 0 Å². The molecular weight excluding hydrogens is 248 g/mol. The Morgan fingerprint density at radius 2 is 1.79 bits per heavy atom. The van der Waals surface area contributed by atoms with Crippen molar-refractivity contribution in [1.82, 2.24) is 15.2 Å². The van der Waals surface area contributed by atoms with E-state index in [0.29, 0.717) is 32.6 Å². The SMILES string of the molecule is CCN1CCN(CCCCCC(=O)NN)C(=O)C1=O. The van der Waals surface area contributed by atoms with Gasteiger partial charge in [-0.15, -0.1) is 0 Å². The van der Waals surface area contributed by atoms with Crippen LogP contribution < -0.4 is 11.3 Å². The van der Waals surface area contributed by atoms with E-state index < -0.39 is 11.8 Å². The molecular formula is C12H22N4O3. The van der Waals surface area contributed by atoms with Gasteiger partial charge in [0.1, 0.15) is 0 Å². The lowest BCUT2D eigenvalue weighted by atomic mass is 10.1. The molecule has 7 nitrogen and oxygen atoms in total. The summed E-state index contributed by atoms with van der Waals surface area (Å²) >= 11 is 0. The van der Waals surface area contributed by atoms with Crippen LogP contribution in [0.1, 0.15) is 32.6 Å². The molecule has 1 heterocycles. The first-order valence-corrected chi connectivity index (χ1v) is 6.67. The molecule has 0 aromatic carbocycles. The molecule has 19 heavy (non-hydrogen) atoms. The Labute approximate surface area is 113 Å². The average molecular weight is 270 g/mol. The molecule has 1 aliphatic heterocycles. The Balaban J connectivity index is 2.22. The minimum atomic E-state index is -0.409. The molecule has 0 radical (unpaired) electrons. The Kier molecular flexibility index (Phi) is 6.27. The highest BCUT2D eigenvalue weighted by atomic mass is 16.2. The van der Waals surface area contributed by atoms with E-state index in [1.165, 1.54) is 0 Å². The topological polar surface area (TPSA) is 95.7 Å². The van der Waals surface area contributed by atoms with E-state index in [4.69, 9.17) is 5.84 Å². The van der Waals surface area contributed by atoms with Crippen molar-refractivity contribution in [3.05, 3.63) is 0 Å². The standard InChI is InChI=1S/C12H22N4O3/c1-2-15-8-9-16(12(19)11(15)18)7-5-3-4-6-10(17)14-13/h2-9,13H2,1H3,(H,14,17). The zero-order valence-corrected chi connectivity index (χ0v) is 11.4. The van der Waals surface area contributed by atoms with Crippen molar-refractivity contribution in [3.63, 3.8) is 0 Å². The lowest BCUT2D eigenvalue weighted by molar-refractivity contribution is -0.155. The minimum Gasteiger partial charge on any atom is -0.333 e. The number of carbonyl (C=O) groups is 3. The normalized spacial score (nSPS) is 15.9. The average Bonchev–Trinajstić information content (AvgIpc) is 2.42. The molecule has 0 unspecified atom stereocenters. The highest BCUT2D eigenvalue weighted by molar-refractivity contribution is 6.35. The van der Waals surface area contributed by atoms with Gasteiger partial charge in [-0.25, -0.2) is 5.84 Å². The summed E-state index contributed by atoms with van der Waals surface area (Å²) in [6.45, 7) is 4.22. The van der Waals surface area contributed by atoms with Crippen LogP contribution in [0.15, 0.2) is 0 Å². The van der Waals surface area contributed by atoms with Crippen LogP contribution in [-0.4, -0.2) is 53.7 Å². The van der Waals surface area contributed by atoms with E-state index in [1.807, 2.05) is 6.92 Å². The Morgan fingerprint density at radius 1 is 1.16 bits per heavy atom. The predicted octanol–water partition coefficient (Wildman–Crippen LogP) is -0.773. The molecule has 0 aromatic rings. The maximum atomic E-state index is 11.8. The molecule has 1 fully saturated rings. The number of nitrogens with two attached hydrogens (primary N) is 1. The fraction of sp³-hybridized carbons (Fsp3) is 0.750. The minimum absolute atomic E-state index is 0.178. The van der Waals surface area contributed by atoms with Gasteiger partial charge in [0, 0.05) is 32.6 Å². The van der Waals surface area contributed by atoms with E-state index in [2.05, 4.69) is 5.43 Å². The number of nitrogens with one attached hydrogen (secondary N) is 1. The molecule has 3 amide bonds. The lowest BCUT2D eigenvalue weighted by Gasteiger charge is -2.33. The molecule has 0 spiro atoms. The molecule has 7 heteroatoms. The Morgan fingerprint density at radius 3 is 2.42 bits per heavy atom. The molecule has 1 aliphatic rings. The molecule has 0 aliphatic carbocycles. The first-order valence-electron chi connectivity index (χ1n) is 6.67. The van der Waals surface area contributed by atoms with Gasteiger partial charge in [-0.1, -0.05) is 6.42 Å². The quantitative estimate of drug-likeness (QED) is 0.209. The number of hydrazine groups is 1. The molecule has 1 rings (SSSR count). The maximum Gasteiger partial charge on any atom is 0.312 e. The zero-order chi connectivity index (χ0) is 14.3. The van der Waals surface area contributed by atoms with Crippen LogP contribution in [0.5, 0.6) is 0 Å². The van der Waals surface area contributed by atoms with E-state index in [-0.39, 0.29) is 5.91 Å². The Bertz CT molecular complexity index is 346. The Hall–Kier alpha value is -1.63. The monoisotopic (exact) mass is 270 g/mol. The summed E-state index contributed by atoms with van der Waals surface area (Å²) in [7, 11) is 0. The number of carbonyl (C=O) groups excluding carboxylic acids is 3. The number of unbranched alkanes of at least 4 members (excludes halogenated alkanes) is 2. The number of hydrogen-bond acceptors (Lipinski definition) is 4. The van der Waals surface area contributed by atoms with Crippen molar-refractivity contribution in [2.75, 3.05) is 26.2 Å². The summed E-state index contributed by atoms with van der Waals surface area (Å²) in [5.41, 5.74) is 2.08. The van der Waals surface area contributed by atoms with Gasteiger partial charge in [0.2, 0.25) is 5.91 Å². The summed E-state index contributed by atoms with van der Waals surface area (Å²) in [5, 5.41) is 0.